The lowest BCUT2D eigenvalue weighted by atomic mass is 9.80. The fourth-order valence-electron chi connectivity index (χ4n) is 2.20. The fourth-order valence-corrected chi connectivity index (χ4v) is 3.22. The van der Waals surface area contributed by atoms with Crippen LogP contribution in [0.3, 0.4) is 0 Å². The Kier molecular flexibility index (Phi) is 4.53. The van der Waals surface area contributed by atoms with Gasteiger partial charge in [0, 0.05) is 4.88 Å². The van der Waals surface area contributed by atoms with Crippen molar-refractivity contribution in [2.24, 2.45) is 5.41 Å². The first kappa shape index (κ1) is 15.4. The summed E-state index contributed by atoms with van der Waals surface area (Å²) in [6, 6.07) is 9.32. The summed E-state index contributed by atoms with van der Waals surface area (Å²) in [7, 11) is 0. The van der Waals surface area contributed by atoms with E-state index in [0.717, 1.165) is 16.7 Å². The molecule has 0 aliphatic rings. The summed E-state index contributed by atoms with van der Waals surface area (Å²) in [4.78, 5) is 23.8. The predicted octanol–water partition coefficient (Wildman–Crippen LogP) is 3.58. The highest BCUT2D eigenvalue weighted by atomic mass is 32.1. The van der Waals surface area contributed by atoms with E-state index in [2.05, 4.69) is 0 Å². The zero-order valence-corrected chi connectivity index (χ0v) is 12.3. The monoisotopic (exact) mass is 306 g/mol. The van der Waals surface area contributed by atoms with E-state index in [9.17, 15) is 19.1 Å². The van der Waals surface area contributed by atoms with Gasteiger partial charge in [-0.2, -0.15) is 0 Å². The van der Waals surface area contributed by atoms with Crippen LogP contribution in [0.5, 0.6) is 0 Å². The van der Waals surface area contributed by atoms with Gasteiger partial charge in [0.05, 0.1) is 10.3 Å². The lowest BCUT2D eigenvalue weighted by Crippen LogP contribution is -2.32. The zero-order chi connectivity index (χ0) is 15.5. The number of hydrogen-bond donors (Lipinski definition) is 1. The van der Waals surface area contributed by atoms with Crippen molar-refractivity contribution < 1.29 is 19.1 Å². The Morgan fingerprint density at radius 2 is 1.90 bits per heavy atom. The van der Waals surface area contributed by atoms with E-state index in [4.69, 9.17) is 0 Å². The fraction of sp³-hybridized carbons (Fsp3) is 0.250. The standard InChI is InChI=1S/C16H15FO3S/c1-16(15(19)20,8-11-2-4-12(17)5-3-11)9-13-6-7-14(10-18)21-13/h2-7,10H,8-9H2,1H3,(H,19,20). The molecule has 21 heavy (non-hydrogen) atoms. The van der Waals surface area contributed by atoms with Crippen molar-refractivity contribution in [3.8, 4) is 0 Å². The van der Waals surface area contributed by atoms with Crippen LogP contribution in [0.25, 0.3) is 0 Å². The molecule has 0 saturated heterocycles. The molecule has 1 unspecified atom stereocenters. The molecule has 1 atom stereocenters. The molecule has 1 N–H and O–H groups in total. The van der Waals surface area contributed by atoms with Gasteiger partial charge in [0.15, 0.2) is 6.29 Å². The highest BCUT2D eigenvalue weighted by Crippen LogP contribution is 2.30. The number of aldehydes is 1. The van der Waals surface area contributed by atoms with E-state index in [0.29, 0.717) is 17.7 Å². The number of benzene rings is 1. The van der Waals surface area contributed by atoms with Crippen LogP contribution in [-0.4, -0.2) is 17.4 Å². The number of hydrogen-bond acceptors (Lipinski definition) is 3. The van der Waals surface area contributed by atoms with Gasteiger partial charge in [-0.25, -0.2) is 4.39 Å². The minimum Gasteiger partial charge on any atom is -0.481 e. The summed E-state index contributed by atoms with van der Waals surface area (Å²) in [6.07, 6.45) is 1.39. The molecular weight excluding hydrogens is 291 g/mol. The van der Waals surface area contributed by atoms with E-state index in [-0.39, 0.29) is 5.82 Å². The molecule has 0 amide bonds. The minimum atomic E-state index is -0.997. The average molecular weight is 306 g/mol. The summed E-state index contributed by atoms with van der Waals surface area (Å²) < 4.78 is 12.9. The maximum Gasteiger partial charge on any atom is 0.310 e. The van der Waals surface area contributed by atoms with Gasteiger partial charge in [-0.1, -0.05) is 12.1 Å². The molecule has 5 heteroatoms. The lowest BCUT2D eigenvalue weighted by Gasteiger charge is -2.24. The van der Waals surface area contributed by atoms with Crippen molar-refractivity contribution in [3.63, 3.8) is 0 Å². The number of halogens is 1. The van der Waals surface area contributed by atoms with Gasteiger partial charge < -0.3 is 5.11 Å². The molecule has 0 aliphatic carbocycles. The van der Waals surface area contributed by atoms with E-state index < -0.39 is 11.4 Å². The van der Waals surface area contributed by atoms with Crippen LogP contribution < -0.4 is 0 Å². The highest BCUT2D eigenvalue weighted by molar-refractivity contribution is 7.13. The van der Waals surface area contributed by atoms with Gasteiger partial charge in [0.1, 0.15) is 5.82 Å². The number of carbonyl (C=O) groups excluding carboxylic acids is 1. The van der Waals surface area contributed by atoms with E-state index in [1.54, 1.807) is 31.2 Å². The summed E-state index contributed by atoms with van der Waals surface area (Å²) in [5.41, 5.74) is -0.225. The van der Waals surface area contributed by atoms with Gasteiger partial charge in [-0.15, -0.1) is 11.3 Å². The Bertz CT molecular complexity index is 648. The average Bonchev–Trinajstić information content (AvgIpc) is 2.88. The smallest absolute Gasteiger partial charge is 0.310 e. The van der Waals surface area contributed by atoms with Gasteiger partial charge in [0.2, 0.25) is 0 Å². The molecule has 0 bridgehead atoms. The van der Waals surface area contributed by atoms with Crippen LogP contribution in [0.4, 0.5) is 4.39 Å². The Balaban J connectivity index is 2.21. The third-order valence-corrected chi connectivity index (χ3v) is 4.40. The summed E-state index contributed by atoms with van der Waals surface area (Å²) in [6.45, 7) is 1.67. The number of thiophene rings is 1. The van der Waals surface area contributed by atoms with Crippen LogP contribution in [0.15, 0.2) is 36.4 Å². The molecule has 0 saturated carbocycles. The molecule has 110 valence electrons. The third kappa shape index (κ3) is 3.76. The van der Waals surface area contributed by atoms with Crippen molar-refractivity contribution in [3.05, 3.63) is 57.5 Å². The lowest BCUT2D eigenvalue weighted by molar-refractivity contribution is -0.147. The summed E-state index contributed by atoms with van der Waals surface area (Å²) in [5.74, 6) is -1.25. The Morgan fingerprint density at radius 1 is 1.24 bits per heavy atom. The maximum atomic E-state index is 12.9. The molecule has 1 aromatic heterocycles. The van der Waals surface area contributed by atoms with Gasteiger partial charge >= 0.3 is 5.97 Å². The van der Waals surface area contributed by atoms with Gasteiger partial charge in [-0.05, 0) is 49.6 Å². The Hall–Kier alpha value is -2.01. The number of carboxylic acid groups (broad SMARTS) is 1. The Labute approximate surface area is 126 Å². The Morgan fingerprint density at radius 3 is 2.43 bits per heavy atom. The molecule has 2 aromatic rings. The summed E-state index contributed by atoms with van der Waals surface area (Å²) in [5, 5.41) is 9.53. The second-order valence-corrected chi connectivity index (χ2v) is 6.47. The normalized spacial score (nSPS) is 13.6. The number of carboxylic acids is 1. The summed E-state index contributed by atoms with van der Waals surface area (Å²) >= 11 is 1.30. The molecule has 0 aliphatic heterocycles. The van der Waals surface area contributed by atoms with Crippen LogP contribution in [-0.2, 0) is 17.6 Å². The predicted molar refractivity (Wildman–Crippen MR) is 79.3 cm³/mol. The first-order valence-corrected chi connectivity index (χ1v) is 7.26. The van der Waals surface area contributed by atoms with E-state index in [1.807, 2.05) is 0 Å². The second kappa shape index (κ2) is 6.18. The molecule has 0 fully saturated rings. The number of aliphatic carboxylic acids is 1. The molecule has 1 heterocycles. The number of rotatable bonds is 6. The van der Waals surface area contributed by atoms with Crippen molar-refractivity contribution in [2.45, 2.75) is 19.8 Å². The molecular formula is C16H15FO3S. The molecule has 0 spiro atoms. The third-order valence-electron chi connectivity index (χ3n) is 3.39. The number of carbonyl (C=O) groups is 2. The van der Waals surface area contributed by atoms with Crippen LogP contribution in [0, 0.1) is 11.2 Å². The van der Waals surface area contributed by atoms with E-state index >= 15 is 0 Å². The minimum absolute atomic E-state index is 0.303. The van der Waals surface area contributed by atoms with E-state index in [1.165, 1.54) is 23.5 Å². The largest absolute Gasteiger partial charge is 0.481 e. The van der Waals surface area contributed by atoms with Crippen molar-refractivity contribution >= 4 is 23.6 Å². The topological polar surface area (TPSA) is 54.4 Å². The molecule has 0 radical (unpaired) electrons. The van der Waals surface area contributed by atoms with Gasteiger partial charge in [0.25, 0.3) is 0 Å². The SMILES string of the molecule is CC(Cc1ccc(F)cc1)(Cc1ccc(C=O)s1)C(=O)O. The van der Waals surface area contributed by atoms with Gasteiger partial charge in [-0.3, -0.25) is 9.59 Å². The zero-order valence-electron chi connectivity index (χ0n) is 11.5. The van der Waals surface area contributed by atoms with Crippen molar-refractivity contribution in [1.82, 2.24) is 0 Å². The maximum absolute atomic E-state index is 12.9. The second-order valence-electron chi connectivity index (χ2n) is 5.27. The first-order valence-electron chi connectivity index (χ1n) is 6.45. The quantitative estimate of drug-likeness (QED) is 0.830. The van der Waals surface area contributed by atoms with Crippen molar-refractivity contribution in [2.75, 3.05) is 0 Å². The first-order chi connectivity index (χ1) is 9.93. The molecule has 2 rings (SSSR count). The van der Waals surface area contributed by atoms with Crippen LogP contribution in [0.2, 0.25) is 0 Å². The van der Waals surface area contributed by atoms with Crippen molar-refractivity contribution in [1.29, 1.82) is 0 Å². The molecule has 3 nitrogen and oxygen atoms in total. The molecule has 1 aromatic carbocycles. The highest BCUT2D eigenvalue weighted by Gasteiger charge is 2.34. The van der Waals surface area contributed by atoms with Crippen LogP contribution in [0.1, 0.15) is 27.0 Å². The van der Waals surface area contributed by atoms with Crippen LogP contribution >= 0.6 is 11.3 Å².